The molecule has 5 atom stereocenters. The number of esters is 1. The molecule has 0 spiro atoms. The lowest BCUT2D eigenvalue weighted by atomic mass is 9.98. The molecule has 0 aliphatic carbocycles. The Labute approximate surface area is 339 Å². The van der Waals surface area contributed by atoms with Gasteiger partial charge < -0.3 is 29.4 Å². The first-order valence-corrected chi connectivity index (χ1v) is 19.9. The molecule has 58 heavy (non-hydrogen) atoms. The number of imide groups is 1. The maximum Gasteiger partial charge on any atom is 0.408 e. The zero-order valence-electron chi connectivity index (χ0n) is 33.2. The third-order valence-corrected chi connectivity index (χ3v) is 10.6. The van der Waals surface area contributed by atoms with Gasteiger partial charge in [0.15, 0.2) is 6.29 Å². The third-order valence-electron chi connectivity index (χ3n) is 10.6. The van der Waals surface area contributed by atoms with E-state index in [0.717, 1.165) is 58.3 Å². The van der Waals surface area contributed by atoms with Crippen LogP contribution >= 0.6 is 0 Å². The maximum atomic E-state index is 13.2. The summed E-state index contributed by atoms with van der Waals surface area (Å²) in [7, 11) is 0. The maximum absolute atomic E-state index is 13.2. The molecule has 4 aromatic rings. The van der Waals surface area contributed by atoms with E-state index in [1.54, 1.807) is 0 Å². The van der Waals surface area contributed by atoms with Crippen LogP contribution in [0.25, 0.3) is 11.1 Å². The fraction of sp³-hybridized carbons (Fsp3) is 0.391. The number of ether oxygens (including phenoxy) is 4. The van der Waals surface area contributed by atoms with Crippen LogP contribution in [0.1, 0.15) is 86.7 Å². The smallest absolute Gasteiger partial charge is 0.408 e. The molecule has 0 radical (unpaired) electrons. The van der Waals surface area contributed by atoms with E-state index in [4.69, 9.17) is 18.9 Å². The Bertz CT molecular complexity index is 2070. The zero-order chi connectivity index (χ0) is 40.8. The van der Waals surface area contributed by atoms with Crippen LogP contribution in [0.3, 0.4) is 0 Å². The third kappa shape index (κ3) is 10.2. The summed E-state index contributed by atoms with van der Waals surface area (Å²) in [5.41, 5.74) is 5.46. The van der Waals surface area contributed by atoms with E-state index < -0.39 is 29.9 Å². The van der Waals surface area contributed by atoms with Gasteiger partial charge in [-0.15, -0.1) is 0 Å². The number of alkyl carbamates (subject to hydrolysis) is 1. The number of benzene rings is 4. The summed E-state index contributed by atoms with van der Waals surface area (Å²) in [5, 5.41) is 12.2. The first-order chi connectivity index (χ1) is 27.9. The Morgan fingerprint density at radius 3 is 2.29 bits per heavy atom. The van der Waals surface area contributed by atoms with Crippen molar-refractivity contribution < 1.29 is 43.2 Å². The monoisotopic (exact) mass is 789 g/mol. The van der Waals surface area contributed by atoms with Crippen LogP contribution in [0.5, 0.6) is 0 Å². The number of amides is 3. The summed E-state index contributed by atoms with van der Waals surface area (Å²) in [6.07, 6.45) is 0.163. The first-order valence-electron chi connectivity index (χ1n) is 19.9. The molecule has 0 aromatic heterocycles. The molecule has 3 fully saturated rings. The fourth-order valence-corrected chi connectivity index (χ4v) is 7.71. The second-order valence-corrected chi connectivity index (χ2v) is 16.1. The molecular weight excluding hydrogens is 739 g/mol. The van der Waals surface area contributed by atoms with E-state index >= 15 is 0 Å². The van der Waals surface area contributed by atoms with Crippen molar-refractivity contribution in [1.29, 1.82) is 0 Å². The lowest BCUT2D eigenvalue weighted by Gasteiger charge is -2.38. The standard InChI is InChI=1S/C46H51N3O9/c1-46(2,3)58-43(53)39-13-8-22-48(39)27-37-24-40(34-16-14-30(28-50)15-17-34)57-44(56-37)35-20-18-33(19-21-35)36-12-7-11-32(23-36)26-49-41(51)25-38(42(49)52)47-45(54)55-29-31-9-5-4-6-10-31/h4-7,9-12,14-21,23,37-40,44,50H,8,13,22,24-29H2,1-3H3,(H,47,54)/t37-,38?,39+,40+,44+/m1/s1. The second kappa shape index (κ2) is 18.0. The normalized spacial score (nSPS) is 22.6. The predicted octanol–water partition coefficient (Wildman–Crippen LogP) is 6.75. The molecule has 4 aromatic carbocycles. The van der Waals surface area contributed by atoms with Crippen molar-refractivity contribution in [2.24, 2.45) is 0 Å². The number of rotatable bonds is 12. The number of hydrogen-bond donors (Lipinski definition) is 2. The highest BCUT2D eigenvalue weighted by atomic mass is 16.7. The second-order valence-electron chi connectivity index (χ2n) is 16.1. The van der Waals surface area contributed by atoms with Gasteiger partial charge in [-0.3, -0.25) is 24.2 Å². The molecule has 3 amide bonds. The van der Waals surface area contributed by atoms with Gasteiger partial charge in [-0.25, -0.2) is 4.79 Å². The number of aliphatic hydroxyl groups is 1. The number of likely N-dealkylation sites (tertiary alicyclic amines) is 2. The number of hydrogen-bond acceptors (Lipinski definition) is 10. The van der Waals surface area contributed by atoms with E-state index in [9.17, 15) is 24.3 Å². The Hall–Kier alpha value is -5.40. The highest BCUT2D eigenvalue weighted by Crippen LogP contribution is 2.39. The van der Waals surface area contributed by atoms with Gasteiger partial charge in [0.2, 0.25) is 5.91 Å². The molecule has 304 valence electrons. The summed E-state index contributed by atoms with van der Waals surface area (Å²) in [5.74, 6) is -1.05. The van der Waals surface area contributed by atoms with E-state index in [1.165, 1.54) is 4.90 Å². The van der Waals surface area contributed by atoms with Gasteiger partial charge in [-0.1, -0.05) is 97.1 Å². The first kappa shape index (κ1) is 40.8. The van der Waals surface area contributed by atoms with Crippen LogP contribution in [-0.4, -0.2) is 75.7 Å². The molecule has 12 nitrogen and oxygen atoms in total. The Morgan fingerprint density at radius 1 is 0.845 bits per heavy atom. The van der Waals surface area contributed by atoms with Gasteiger partial charge in [0.25, 0.3) is 5.91 Å². The summed E-state index contributed by atoms with van der Waals surface area (Å²) in [6, 6.07) is 31.2. The minimum atomic E-state index is -0.989. The van der Waals surface area contributed by atoms with Crippen LogP contribution in [-0.2, 0) is 53.1 Å². The number of nitrogens with zero attached hydrogens (tertiary/aromatic N) is 2. The average Bonchev–Trinajstić information content (AvgIpc) is 3.79. The quantitative estimate of drug-likeness (QED) is 0.117. The van der Waals surface area contributed by atoms with E-state index in [0.29, 0.717) is 13.0 Å². The fourth-order valence-electron chi connectivity index (χ4n) is 7.71. The van der Waals surface area contributed by atoms with Crippen molar-refractivity contribution in [3.05, 3.63) is 131 Å². The molecule has 3 aliphatic heterocycles. The average molecular weight is 790 g/mol. The lowest BCUT2D eigenvalue weighted by molar-refractivity contribution is -0.253. The number of carbonyl (C=O) groups is 4. The SMILES string of the molecule is CC(C)(C)OC(=O)[C@@H]1CCCN1C[C@H]1C[C@@H](c2ccc(CO)cc2)O[C@@H](c2ccc(-c3cccc(CN4C(=O)CC(NC(=O)OCc5ccccc5)C4=O)c3)cc2)O1. The molecule has 0 saturated carbocycles. The van der Waals surface area contributed by atoms with Gasteiger partial charge in [-0.05, 0) is 79.6 Å². The van der Waals surface area contributed by atoms with Gasteiger partial charge in [0.05, 0.1) is 31.8 Å². The Kier molecular flexibility index (Phi) is 12.7. The van der Waals surface area contributed by atoms with Crippen LogP contribution in [0.15, 0.2) is 103 Å². The molecule has 0 bridgehead atoms. The van der Waals surface area contributed by atoms with Gasteiger partial charge in [0.1, 0.15) is 24.3 Å². The molecular formula is C46H51N3O9. The van der Waals surface area contributed by atoms with E-state index in [1.807, 2.05) is 124 Å². The van der Waals surface area contributed by atoms with Crippen molar-refractivity contribution in [1.82, 2.24) is 15.1 Å². The van der Waals surface area contributed by atoms with Crippen LogP contribution < -0.4 is 5.32 Å². The van der Waals surface area contributed by atoms with Crippen molar-refractivity contribution in [2.45, 2.75) is 102 Å². The number of carbonyl (C=O) groups excluding carboxylic acids is 4. The highest BCUT2D eigenvalue weighted by Gasteiger charge is 2.41. The Morgan fingerprint density at radius 2 is 1.57 bits per heavy atom. The van der Waals surface area contributed by atoms with Gasteiger partial charge in [-0.2, -0.15) is 0 Å². The van der Waals surface area contributed by atoms with Gasteiger partial charge >= 0.3 is 12.1 Å². The minimum Gasteiger partial charge on any atom is -0.459 e. The lowest BCUT2D eigenvalue weighted by Crippen LogP contribution is -2.45. The number of aliphatic hydroxyl groups excluding tert-OH is 1. The van der Waals surface area contributed by atoms with Crippen molar-refractivity contribution in [3.63, 3.8) is 0 Å². The van der Waals surface area contributed by atoms with E-state index in [2.05, 4.69) is 10.2 Å². The number of nitrogens with one attached hydrogen (secondary N) is 1. The summed E-state index contributed by atoms with van der Waals surface area (Å²) < 4.78 is 24.2. The van der Waals surface area contributed by atoms with E-state index in [-0.39, 0.29) is 56.3 Å². The zero-order valence-corrected chi connectivity index (χ0v) is 33.2. The molecule has 3 saturated heterocycles. The molecule has 3 heterocycles. The van der Waals surface area contributed by atoms with Crippen LogP contribution in [0.4, 0.5) is 4.79 Å². The summed E-state index contributed by atoms with van der Waals surface area (Å²) in [4.78, 5) is 55.0. The van der Waals surface area contributed by atoms with Crippen molar-refractivity contribution >= 4 is 23.9 Å². The molecule has 1 unspecified atom stereocenters. The minimum absolute atomic E-state index is 0.0448. The summed E-state index contributed by atoms with van der Waals surface area (Å²) >= 11 is 0. The van der Waals surface area contributed by atoms with Gasteiger partial charge in [0, 0.05) is 18.5 Å². The van der Waals surface area contributed by atoms with Crippen LogP contribution in [0, 0.1) is 0 Å². The molecule has 12 heteroatoms. The largest absolute Gasteiger partial charge is 0.459 e. The molecule has 3 aliphatic rings. The van der Waals surface area contributed by atoms with Crippen molar-refractivity contribution in [3.8, 4) is 11.1 Å². The molecule has 7 rings (SSSR count). The molecule has 2 N–H and O–H groups in total. The summed E-state index contributed by atoms with van der Waals surface area (Å²) in [6.45, 7) is 7.06. The van der Waals surface area contributed by atoms with Crippen LogP contribution in [0.2, 0.25) is 0 Å². The Balaban J connectivity index is 1.01. The van der Waals surface area contributed by atoms with Crippen molar-refractivity contribution in [2.75, 3.05) is 13.1 Å². The highest BCUT2D eigenvalue weighted by molar-refractivity contribution is 6.06. The predicted molar refractivity (Wildman–Crippen MR) is 214 cm³/mol. The topological polar surface area (TPSA) is 144 Å².